The Morgan fingerprint density at radius 2 is 1.82 bits per heavy atom. The molecule has 1 fully saturated rings. The molecule has 1 aromatic carbocycles. The van der Waals surface area contributed by atoms with Crippen LogP contribution in [0.25, 0.3) is 0 Å². The molecule has 10 heteroatoms. The van der Waals surface area contributed by atoms with Crippen LogP contribution in [-0.4, -0.2) is 71.6 Å². The summed E-state index contributed by atoms with van der Waals surface area (Å²) in [4.78, 5) is 41.2. The van der Waals surface area contributed by atoms with E-state index >= 15 is 0 Å². The van der Waals surface area contributed by atoms with Crippen LogP contribution in [0.3, 0.4) is 0 Å². The first-order valence-corrected chi connectivity index (χ1v) is 11.0. The van der Waals surface area contributed by atoms with Crippen LogP contribution in [0.4, 0.5) is 10.6 Å². The number of aromatic nitrogens is 1. The lowest BCUT2D eigenvalue weighted by Crippen LogP contribution is -2.57. The largest absolute Gasteiger partial charge is 0.445 e. The van der Waals surface area contributed by atoms with Crippen molar-refractivity contribution in [2.75, 3.05) is 38.0 Å². The molecule has 2 N–H and O–H groups in total. The molecule has 0 spiro atoms. The van der Waals surface area contributed by atoms with Crippen LogP contribution in [0.1, 0.15) is 25.2 Å². The van der Waals surface area contributed by atoms with Crippen molar-refractivity contribution in [3.63, 3.8) is 0 Å². The summed E-state index contributed by atoms with van der Waals surface area (Å²) in [5.41, 5.74) is 0.874. The molecule has 1 atom stereocenters. The van der Waals surface area contributed by atoms with Gasteiger partial charge in [-0.2, -0.15) is 0 Å². The maximum atomic E-state index is 13.1. The van der Waals surface area contributed by atoms with Crippen molar-refractivity contribution >= 4 is 23.7 Å². The lowest BCUT2D eigenvalue weighted by atomic mass is 10.0. The monoisotopic (exact) mass is 457 g/mol. The summed E-state index contributed by atoms with van der Waals surface area (Å²) < 4.78 is 10.2. The number of anilines is 1. The zero-order chi connectivity index (χ0) is 23.8. The number of carbonyl (C=O) groups excluding carboxylic acids is 3. The van der Waals surface area contributed by atoms with Gasteiger partial charge in [-0.15, -0.1) is 0 Å². The SMILES string of the molecule is Cc1cc(NC(=O)CN2CCN(C(=O)[C@@H](NC(=O)OCc3ccccc3)C(C)C)CC2)no1. The number of rotatable bonds is 8. The number of ether oxygens (including phenoxy) is 1. The van der Waals surface area contributed by atoms with E-state index in [4.69, 9.17) is 9.26 Å². The second-order valence-electron chi connectivity index (χ2n) is 8.40. The topological polar surface area (TPSA) is 117 Å². The summed E-state index contributed by atoms with van der Waals surface area (Å²) in [7, 11) is 0. The van der Waals surface area contributed by atoms with Crippen LogP contribution in [0.2, 0.25) is 0 Å². The highest BCUT2D eigenvalue weighted by molar-refractivity contribution is 5.91. The Labute approximate surface area is 193 Å². The van der Waals surface area contributed by atoms with E-state index in [1.54, 1.807) is 17.9 Å². The predicted molar refractivity (Wildman–Crippen MR) is 121 cm³/mol. The second-order valence-corrected chi connectivity index (χ2v) is 8.40. The minimum absolute atomic E-state index is 0.100. The summed E-state index contributed by atoms with van der Waals surface area (Å²) in [6.07, 6.45) is -0.621. The Hall–Kier alpha value is -3.40. The van der Waals surface area contributed by atoms with E-state index in [1.807, 2.05) is 49.1 Å². The van der Waals surface area contributed by atoms with Crippen molar-refractivity contribution in [1.82, 2.24) is 20.3 Å². The number of aryl methyl sites for hydroxylation is 1. The summed E-state index contributed by atoms with van der Waals surface area (Å²) >= 11 is 0. The van der Waals surface area contributed by atoms with Crippen molar-refractivity contribution < 1.29 is 23.6 Å². The molecule has 0 saturated carbocycles. The highest BCUT2D eigenvalue weighted by Gasteiger charge is 2.31. The van der Waals surface area contributed by atoms with E-state index in [2.05, 4.69) is 15.8 Å². The number of carbonyl (C=O) groups is 3. The average molecular weight is 458 g/mol. The Morgan fingerprint density at radius 3 is 2.42 bits per heavy atom. The second kappa shape index (κ2) is 11.5. The van der Waals surface area contributed by atoms with Crippen molar-refractivity contribution in [3.05, 3.63) is 47.7 Å². The molecule has 0 aliphatic carbocycles. The van der Waals surface area contributed by atoms with Crippen molar-refractivity contribution in [1.29, 1.82) is 0 Å². The fraction of sp³-hybridized carbons (Fsp3) is 0.478. The molecule has 1 aliphatic rings. The van der Waals surface area contributed by atoms with Gasteiger partial charge in [-0.3, -0.25) is 14.5 Å². The molecule has 1 saturated heterocycles. The third-order valence-electron chi connectivity index (χ3n) is 5.37. The number of piperazine rings is 1. The van der Waals surface area contributed by atoms with Gasteiger partial charge in [0, 0.05) is 32.2 Å². The molecule has 1 aromatic heterocycles. The number of hydrogen-bond donors (Lipinski definition) is 2. The molecule has 3 rings (SSSR count). The minimum Gasteiger partial charge on any atom is -0.445 e. The average Bonchev–Trinajstić information content (AvgIpc) is 3.20. The van der Waals surface area contributed by atoms with Gasteiger partial charge in [-0.25, -0.2) is 4.79 Å². The van der Waals surface area contributed by atoms with Crippen LogP contribution in [-0.2, 0) is 20.9 Å². The first kappa shape index (κ1) is 24.2. The van der Waals surface area contributed by atoms with Gasteiger partial charge in [0.15, 0.2) is 5.82 Å². The number of benzene rings is 1. The Balaban J connectivity index is 1.44. The molecule has 2 heterocycles. The first-order valence-electron chi connectivity index (χ1n) is 11.0. The molecular formula is C23H31N5O5. The van der Waals surface area contributed by atoms with Crippen LogP contribution in [0, 0.1) is 12.8 Å². The number of amides is 3. The van der Waals surface area contributed by atoms with Gasteiger partial charge in [-0.1, -0.05) is 49.3 Å². The van der Waals surface area contributed by atoms with Crippen LogP contribution < -0.4 is 10.6 Å². The Bertz CT molecular complexity index is 938. The summed E-state index contributed by atoms with van der Waals surface area (Å²) in [5.74, 6) is 0.567. The third-order valence-corrected chi connectivity index (χ3v) is 5.37. The molecule has 2 aromatic rings. The van der Waals surface area contributed by atoms with E-state index in [0.717, 1.165) is 5.56 Å². The number of alkyl carbamates (subject to hydrolysis) is 1. The minimum atomic E-state index is -0.682. The third kappa shape index (κ3) is 7.31. The van der Waals surface area contributed by atoms with Gasteiger partial charge < -0.3 is 24.8 Å². The molecular weight excluding hydrogens is 426 g/mol. The highest BCUT2D eigenvalue weighted by atomic mass is 16.5. The molecule has 10 nitrogen and oxygen atoms in total. The standard InChI is InChI=1S/C23H31N5O5/c1-16(2)21(25-23(31)32-15-18-7-5-4-6-8-18)22(30)28-11-9-27(10-12-28)14-20(29)24-19-13-17(3)33-26-19/h4-8,13,16,21H,9-12,14-15H2,1-3H3,(H,25,31)(H,24,26,29)/t21-/m0/s1. The molecule has 0 radical (unpaired) electrons. The summed E-state index contributed by atoms with van der Waals surface area (Å²) in [6.45, 7) is 7.91. The molecule has 178 valence electrons. The molecule has 3 amide bonds. The van der Waals surface area contributed by atoms with Gasteiger partial charge in [-0.05, 0) is 18.4 Å². The van der Waals surface area contributed by atoms with Crippen molar-refractivity contribution in [3.8, 4) is 0 Å². The van der Waals surface area contributed by atoms with Crippen LogP contribution >= 0.6 is 0 Å². The first-order chi connectivity index (χ1) is 15.8. The van der Waals surface area contributed by atoms with E-state index < -0.39 is 12.1 Å². The fourth-order valence-corrected chi connectivity index (χ4v) is 3.54. The zero-order valence-electron chi connectivity index (χ0n) is 19.2. The van der Waals surface area contributed by atoms with Gasteiger partial charge in [0.2, 0.25) is 11.8 Å². The number of nitrogens with one attached hydrogen (secondary N) is 2. The summed E-state index contributed by atoms with van der Waals surface area (Å²) in [6, 6.07) is 10.3. The van der Waals surface area contributed by atoms with E-state index in [9.17, 15) is 14.4 Å². The molecule has 0 bridgehead atoms. The lowest BCUT2D eigenvalue weighted by Gasteiger charge is -2.36. The predicted octanol–water partition coefficient (Wildman–Crippen LogP) is 2.02. The smallest absolute Gasteiger partial charge is 0.408 e. The highest BCUT2D eigenvalue weighted by Crippen LogP contribution is 2.12. The maximum Gasteiger partial charge on any atom is 0.408 e. The number of nitrogens with zero attached hydrogens (tertiary/aromatic N) is 3. The molecule has 1 aliphatic heterocycles. The quantitative estimate of drug-likeness (QED) is 0.623. The fourth-order valence-electron chi connectivity index (χ4n) is 3.54. The van der Waals surface area contributed by atoms with E-state index in [1.165, 1.54) is 0 Å². The van der Waals surface area contributed by atoms with E-state index in [0.29, 0.717) is 37.8 Å². The maximum absolute atomic E-state index is 13.1. The van der Waals surface area contributed by atoms with Gasteiger partial charge in [0.05, 0.1) is 6.54 Å². The summed E-state index contributed by atoms with van der Waals surface area (Å²) in [5, 5.41) is 9.16. The van der Waals surface area contributed by atoms with E-state index in [-0.39, 0.29) is 30.9 Å². The Morgan fingerprint density at radius 1 is 1.12 bits per heavy atom. The van der Waals surface area contributed by atoms with Gasteiger partial charge in [0.25, 0.3) is 0 Å². The normalized spacial score (nSPS) is 15.2. The molecule has 0 unspecified atom stereocenters. The zero-order valence-corrected chi connectivity index (χ0v) is 19.2. The molecule has 33 heavy (non-hydrogen) atoms. The Kier molecular flexibility index (Phi) is 8.42. The van der Waals surface area contributed by atoms with Crippen molar-refractivity contribution in [2.45, 2.75) is 33.4 Å². The van der Waals surface area contributed by atoms with Gasteiger partial charge >= 0.3 is 6.09 Å². The lowest BCUT2D eigenvalue weighted by molar-refractivity contribution is -0.136. The number of hydrogen-bond acceptors (Lipinski definition) is 7. The van der Waals surface area contributed by atoms with Crippen LogP contribution in [0.15, 0.2) is 40.9 Å². The van der Waals surface area contributed by atoms with Crippen molar-refractivity contribution in [2.24, 2.45) is 5.92 Å². The van der Waals surface area contributed by atoms with Gasteiger partial charge in [0.1, 0.15) is 18.4 Å². The van der Waals surface area contributed by atoms with Crippen LogP contribution in [0.5, 0.6) is 0 Å².